The Hall–Kier alpha value is -2.69. The van der Waals surface area contributed by atoms with E-state index in [9.17, 15) is 4.79 Å². The van der Waals surface area contributed by atoms with Gasteiger partial charge in [0.05, 0.1) is 7.11 Å². The maximum atomic E-state index is 12.2. The number of carbonyl (C=O) groups is 1. The molecular weight excluding hydrogens is 292 g/mol. The van der Waals surface area contributed by atoms with E-state index < -0.39 is 0 Å². The summed E-state index contributed by atoms with van der Waals surface area (Å²) in [6.07, 6.45) is -0.286. The van der Waals surface area contributed by atoms with Gasteiger partial charge in [-0.3, -0.25) is 0 Å². The van der Waals surface area contributed by atoms with E-state index in [1.165, 1.54) is 0 Å². The quantitative estimate of drug-likeness (QED) is 0.874. The van der Waals surface area contributed by atoms with Gasteiger partial charge < -0.3 is 19.3 Å². The molecule has 1 heterocycles. The summed E-state index contributed by atoms with van der Waals surface area (Å²) < 4.78 is 10.6. The van der Waals surface area contributed by atoms with Crippen molar-refractivity contribution < 1.29 is 14.3 Å². The van der Waals surface area contributed by atoms with Crippen molar-refractivity contribution in [3.63, 3.8) is 0 Å². The molecule has 5 heteroatoms. The molecule has 0 N–H and O–H groups in total. The van der Waals surface area contributed by atoms with Crippen molar-refractivity contribution in [2.75, 3.05) is 38.2 Å². The van der Waals surface area contributed by atoms with E-state index in [-0.39, 0.29) is 6.09 Å². The number of hydrogen-bond donors (Lipinski definition) is 0. The number of anilines is 1. The first kappa shape index (κ1) is 15.2. The lowest BCUT2D eigenvalue weighted by molar-refractivity contribution is 0.149. The second-order valence-corrected chi connectivity index (χ2v) is 5.35. The predicted octanol–water partition coefficient (Wildman–Crippen LogP) is 3.02. The molecule has 120 valence electrons. The molecule has 0 atom stereocenters. The molecule has 0 bridgehead atoms. The number of para-hydroxylation sites is 1. The van der Waals surface area contributed by atoms with E-state index >= 15 is 0 Å². The molecular formula is C18H20N2O3. The van der Waals surface area contributed by atoms with Crippen LogP contribution in [0.2, 0.25) is 0 Å². The van der Waals surface area contributed by atoms with Crippen LogP contribution in [0.5, 0.6) is 11.5 Å². The van der Waals surface area contributed by atoms with Crippen LogP contribution < -0.4 is 14.4 Å². The number of ether oxygens (including phenoxy) is 2. The highest BCUT2D eigenvalue weighted by molar-refractivity contribution is 5.71. The van der Waals surface area contributed by atoms with Crippen molar-refractivity contribution in [1.29, 1.82) is 0 Å². The third-order valence-corrected chi connectivity index (χ3v) is 3.92. The number of benzene rings is 2. The number of rotatable bonds is 3. The molecule has 0 saturated carbocycles. The van der Waals surface area contributed by atoms with Gasteiger partial charge in [-0.2, -0.15) is 0 Å². The molecule has 1 aliphatic rings. The third kappa shape index (κ3) is 3.74. The standard InChI is InChI=1S/C18H20N2O3/c1-22-16-9-7-15(8-10-16)19-11-13-20(14-12-19)18(21)23-17-5-3-2-4-6-17/h2-10H,11-14H2,1H3. The van der Waals surface area contributed by atoms with Crippen molar-refractivity contribution in [2.24, 2.45) is 0 Å². The number of carbonyl (C=O) groups excluding carboxylic acids is 1. The Morgan fingerprint density at radius 3 is 2.13 bits per heavy atom. The van der Waals surface area contributed by atoms with Gasteiger partial charge in [0.25, 0.3) is 0 Å². The van der Waals surface area contributed by atoms with Crippen LogP contribution in [0.3, 0.4) is 0 Å². The molecule has 1 aliphatic heterocycles. The summed E-state index contributed by atoms with van der Waals surface area (Å²) in [4.78, 5) is 16.2. The van der Waals surface area contributed by atoms with Gasteiger partial charge in [0.1, 0.15) is 11.5 Å². The van der Waals surface area contributed by atoms with Gasteiger partial charge in [-0.1, -0.05) is 18.2 Å². The largest absolute Gasteiger partial charge is 0.497 e. The second kappa shape index (κ2) is 7.05. The minimum absolute atomic E-state index is 0.286. The van der Waals surface area contributed by atoms with Gasteiger partial charge in [0, 0.05) is 31.9 Å². The average molecular weight is 312 g/mol. The first-order valence-corrected chi connectivity index (χ1v) is 7.67. The Labute approximate surface area is 136 Å². The van der Waals surface area contributed by atoms with Crippen LogP contribution in [0.25, 0.3) is 0 Å². The smallest absolute Gasteiger partial charge is 0.415 e. The number of amides is 1. The zero-order valence-corrected chi connectivity index (χ0v) is 13.1. The summed E-state index contributed by atoms with van der Waals surface area (Å²) in [7, 11) is 1.66. The molecule has 0 aliphatic carbocycles. The maximum Gasteiger partial charge on any atom is 0.415 e. The van der Waals surface area contributed by atoms with Crippen molar-refractivity contribution in [3.8, 4) is 11.5 Å². The van der Waals surface area contributed by atoms with Crippen LogP contribution in [-0.2, 0) is 0 Å². The van der Waals surface area contributed by atoms with Crippen LogP contribution in [0, 0.1) is 0 Å². The molecule has 1 amide bonds. The van der Waals surface area contributed by atoms with Crippen LogP contribution in [-0.4, -0.2) is 44.3 Å². The Kier molecular flexibility index (Phi) is 4.66. The SMILES string of the molecule is COc1ccc(N2CCN(C(=O)Oc3ccccc3)CC2)cc1. The molecule has 2 aromatic rings. The lowest BCUT2D eigenvalue weighted by atomic mass is 10.2. The number of piperazine rings is 1. The highest BCUT2D eigenvalue weighted by atomic mass is 16.6. The second-order valence-electron chi connectivity index (χ2n) is 5.35. The minimum atomic E-state index is -0.286. The average Bonchev–Trinajstić information content (AvgIpc) is 2.63. The first-order chi connectivity index (χ1) is 11.3. The van der Waals surface area contributed by atoms with E-state index in [2.05, 4.69) is 4.90 Å². The molecule has 0 spiro atoms. The summed E-state index contributed by atoms with van der Waals surface area (Å²) >= 11 is 0. The number of methoxy groups -OCH3 is 1. The van der Waals surface area contributed by atoms with Crippen molar-refractivity contribution >= 4 is 11.8 Å². The Balaban J connectivity index is 1.54. The fourth-order valence-corrected chi connectivity index (χ4v) is 2.59. The molecule has 5 nitrogen and oxygen atoms in total. The van der Waals surface area contributed by atoms with Crippen LogP contribution >= 0.6 is 0 Å². The number of nitrogens with zero attached hydrogens (tertiary/aromatic N) is 2. The highest BCUT2D eigenvalue weighted by Crippen LogP contribution is 2.21. The Morgan fingerprint density at radius 2 is 1.52 bits per heavy atom. The van der Waals surface area contributed by atoms with Gasteiger partial charge in [-0.25, -0.2) is 4.79 Å². The normalized spacial score (nSPS) is 14.5. The summed E-state index contributed by atoms with van der Waals surface area (Å²) in [5.74, 6) is 1.42. The highest BCUT2D eigenvalue weighted by Gasteiger charge is 2.22. The lowest BCUT2D eigenvalue weighted by Gasteiger charge is -2.35. The van der Waals surface area contributed by atoms with Crippen molar-refractivity contribution in [2.45, 2.75) is 0 Å². The van der Waals surface area contributed by atoms with E-state index in [1.807, 2.05) is 42.5 Å². The first-order valence-electron chi connectivity index (χ1n) is 7.67. The molecule has 2 aromatic carbocycles. The van der Waals surface area contributed by atoms with Gasteiger partial charge in [0.15, 0.2) is 0 Å². The van der Waals surface area contributed by atoms with Crippen molar-refractivity contribution in [1.82, 2.24) is 4.90 Å². The predicted molar refractivity (Wildman–Crippen MR) is 89.2 cm³/mol. The monoisotopic (exact) mass is 312 g/mol. The molecule has 0 unspecified atom stereocenters. The van der Waals surface area contributed by atoms with Gasteiger partial charge >= 0.3 is 6.09 Å². The molecule has 1 fully saturated rings. The molecule has 0 radical (unpaired) electrons. The zero-order chi connectivity index (χ0) is 16.1. The van der Waals surface area contributed by atoms with Gasteiger partial charge in [-0.15, -0.1) is 0 Å². The molecule has 1 saturated heterocycles. The lowest BCUT2D eigenvalue weighted by Crippen LogP contribution is -2.49. The molecule has 23 heavy (non-hydrogen) atoms. The summed E-state index contributed by atoms with van der Waals surface area (Å²) in [5, 5.41) is 0. The summed E-state index contributed by atoms with van der Waals surface area (Å²) in [5.41, 5.74) is 1.14. The van der Waals surface area contributed by atoms with E-state index in [0.717, 1.165) is 24.5 Å². The van der Waals surface area contributed by atoms with Crippen LogP contribution in [0.4, 0.5) is 10.5 Å². The van der Waals surface area contributed by atoms with Gasteiger partial charge in [-0.05, 0) is 36.4 Å². The fraction of sp³-hybridized carbons (Fsp3) is 0.278. The summed E-state index contributed by atoms with van der Waals surface area (Å²) in [6, 6.07) is 17.1. The fourth-order valence-electron chi connectivity index (χ4n) is 2.59. The van der Waals surface area contributed by atoms with Crippen LogP contribution in [0.15, 0.2) is 54.6 Å². The zero-order valence-electron chi connectivity index (χ0n) is 13.1. The maximum absolute atomic E-state index is 12.2. The van der Waals surface area contributed by atoms with E-state index in [0.29, 0.717) is 18.8 Å². The Morgan fingerprint density at radius 1 is 0.870 bits per heavy atom. The van der Waals surface area contributed by atoms with E-state index in [4.69, 9.17) is 9.47 Å². The van der Waals surface area contributed by atoms with Gasteiger partial charge in [0.2, 0.25) is 0 Å². The van der Waals surface area contributed by atoms with Crippen LogP contribution in [0.1, 0.15) is 0 Å². The minimum Gasteiger partial charge on any atom is -0.497 e. The topological polar surface area (TPSA) is 42.0 Å². The Bertz CT molecular complexity index is 635. The van der Waals surface area contributed by atoms with Crippen molar-refractivity contribution in [3.05, 3.63) is 54.6 Å². The van der Waals surface area contributed by atoms with E-state index in [1.54, 1.807) is 24.1 Å². The molecule has 0 aromatic heterocycles. The number of hydrogen-bond acceptors (Lipinski definition) is 4. The third-order valence-electron chi connectivity index (χ3n) is 3.92. The molecule has 3 rings (SSSR count). The summed E-state index contributed by atoms with van der Waals surface area (Å²) in [6.45, 7) is 2.88.